The minimum Gasteiger partial charge on any atom is -0.508 e. The van der Waals surface area contributed by atoms with Crippen LogP contribution in [-0.2, 0) is 0 Å². The molecule has 34 heavy (non-hydrogen) atoms. The summed E-state index contributed by atoms with van der Waals surface area (Å²) in [6.07, 6.45) is 0. The van der Waals surface area contributed by atoms with Gasteiger partial charge in [0.15, 0.2) is 0 Å². The van der Waals surface area contributed by atoms with Crippen molar-refractivity contribution < 1.29 is 19.4 Å². The number of phenols is 1. The van der Waals surface area contributed by atoms with Crippen LogP contribution in [0.5, 0.6) is 17.2 Å². The summed E-state index contributed by atoms with van der Waals surface area (Å²) in [6.45, 7) is 4.00. The lowest BCUT2D eigenvalue weighted by atomic mass is 10.0. The second-order valence-electron chi connectivity index (χ2n) is 7.23. The molecule has 0 heterocycles. The van der Waals surface area contributed by atoms with Crippen molar-refractivity contribution in [2.45, 2.75) is 13.8 Å². The molecule has 0 aromatic heterocycles. The number of hydrogen-bond acceptors (Lipinski definition) is 4. The van der Waals surface area contributed by atoms with Gasteiger partial charge in [0, 0.05) is 16.8 Å². The van der Waals surface area contributed by atoms with Gasteiger partial charge in [-0.2, -0.15) is 0 Å². The molecule has 174 valence electrons. The Bertz CT molecular complexity index is 1230. The van der Waals surface area contributed by atoms with Crippen molar-refractivity contribution >= 4 is 11.6 Å². The van der Waals surface area contributed by atoms with Crippen LogP contribution in [0.3, 0.4) is 0 Å². The van der Waals surface area contributed by atoms with Gasteiger partial charge in [0.2, 0.25) is 0 Å². The van der Waals surface area contributed by atoms with Crippen LogP contribution in [0.1, 0.15) is 24.2 Å². The smallest absolute Gasteiger partial charge is 0.255 e. The molecule has 1 amide bonds. The summed E-state index contributed by atoms with van der Waals surface area (Å²) in [6, 6.07) is 27.5. The minimum absolute atomic E-state index is 0.205. The topological polar surface area (TPSA) is 67.8 Å². The minimum atomic E-state index is -0.205. The summed E-state index contributed by atoms with van der Waals surface area (Å²) < 4.78 is 10.8. The summed E-state index contributed by atoms with van der Waals surface area (Å²) >= 11 is 0. The van der Waals surface area contributed by atoms with E-state index >= 15 is 0 Å². The molecule has 0 aliphatic heterocycles. The van der Waals surface area contributed by atoms with E-state index in [2.05, 4.69) is 5.32 Å². The maximum absolute atomic E-state index is 12.8. The molecule has 0 atom stereocenters. The Labute approximate surface area is 200 Å². The average Bonchev–Trinajstić information content (AvgIpc) is 2.90. The van der Waals surface area contributed by atoms with Crippen LogP contribution in [0.4, 0.5) is 5.69 Å². The number of methoxy groups -OCH3 is 2. The standard InChI is InChI=1S/C27H23NO4.C2H6/c1-31-24-5-3-4-21(16-24)25-17-22(12-15-26(25)32-2)28-27(30)20-8-6-18(7-9-20)19-10-13-23(29)14-11-19;1-2/h3-17,29H,1-2H3,(H,28,30);1-2H3. The third-order valence-corrected chi connectivity index (χ3v) is 5.19. The largest absolute Gasteiger partial charge is 0.508 e. The number of carbonyl (C=O) groups is 1. The molecule has 4 aromatic rings. The van der Waals surface area contributed by atoms with Crippen molar-refractivity contribution in [1.29, 1.82) is 0 Å². The highest BCUT2D eigenvalue weighted by Gasteiger charge is 2.11. The van der Waals surface area contributed by atoms with Crippen LogP contribution >= 0.6 is 0 Å². The van der Waals surface area contributed by atoms with Crippen LogP contribution in [0.2, 0.25) is 0 Å². The Balaban J connectivity index is 0.00000158. The van der Waals surface area contributed by atoms with Crippen molar-refractivity contribution in [3.05, 3.63) is 96.6 Å². The van der Waals surface area contributed by atoms with E-state index in [1.54, 1.807) is 38.5 Å². The predicted molar refractivity (Wildman–Crippen MR) is 138 cm³/mol. The summed E-state index contributed by atoms with van der Waals surface area (Å²) in [5, 5.41) is 12.4. The molecule has 0 radical (unpaired) electrons. The molecule has 0 aliphatic rings. The number of anilines is 1. The molecule has 0 spiro atoms. The van der Waals surface area contributed by atoms with Gasteiger partial charge < -0.3 is 19.9 Å². The Kier molecular flexibility index (Phi) is 8.30. The Morgan fingerprint density at radius 2 is 1.38 bits per heavy atom. The van der Waals surface area contributed by atoms with Crippen molar-refractivity contribution in [3.8, 4) is 39.5 Å². The van der Waals surface area contributed by atoms with Gasteiger partial charge in [0.05, 0.1) is 14.2 Å². The zero-order chi connectivity index (χ0) is 24.5. The fourth-order valence-corrected chi connectivity index (χ4v) is 3.47. The number of aromatic hydroxyl groups is 1. The molecule has 0 saturated heterocycles. The normalized spacial score (nSPS) is 10.0. The van der Waals surface area contributed by atoms with Crippen LogP contribution in [0.15, 0.2) is 91.0 Å². The second-order valence-corrected chi connectivity index (χ2v) is 7.23. The first kappa shape index (κ1) is 24.4. The summed E-state index contributed by atoms with van der Waals surface area (Å²) in [7, 11) is 3.24. The number of phenolic OH excluding ortho intramolecular Hbond substituents is 1. The zero-order valence-electron chi connectivity index (χ0n) is 19.8. The third kappa shape index (κ3) is 5.75. The van der Waals surface area contributed by atoms with E-state index in [-0.39, 0.29) is 11.7 Å². The van der Waals surface area contributed by atoms with Gasteiger partial charge in [-0.3, -0.25) is 4.79 Å². The Morgan fingerprint density at radius 3 is 2.00 bits per heavy atom. The van der Waals surface area contributed by atoms with E-state index in [1.165, 1.54) is 0 Å². The van der Waals surface area contributed by atoms with Crippen molar-refractivity contribution in [3.63, 3.8) is 0 Å². The number of amides is 1. The van der Waals surface area contributed by atoms with Gasteiger partial charge in [-0.05, 0) is 71.3 Å². The van der Waals surface area contributed by atoms with Crippen molar-refractivity contribution in [2.75, 3.05) is 19.5 Å². The van der Waals surface area contributed by atoms with Crippen molar-refractivity contribution in [1.82, 2.24) is 0 Å². The monoisotopic (exact) mass is 455 g/mol. The number of hydrogen-bond donors (Lipinski definition) is 2. The van der Waals surface area contributed by atoms with Crippen LogP contribution < -0.4 is 14.8 Å². The highest BCUT2D eigenvalue weighted by Crippen LogP contribution is 2.34. The number of carbonyl (C=O) groups excluding carboxylic acids is 1. The lowest BCUT2D eigenvalue weighted by molar-refractivity contribution is 0.102. The molecule has 0 saturated carbocycles. The summed E-state index contributed by atoms with van der Waals surface area (Å²) in [4.78, 5) is 12.8. The maximum Gasteiger partial charge on any atom is 0.255 e. The van der Waals surface area contributed by atoms with E-state index in [0.29, 0.717) is 17.0 Å². The number of rotatable bonds is 6. The average molecular weight is 456 g/mol. The van der Waals surface area contributed by atoms with Gasteiger partial charge in [0.1, 0.15) is 17.2 Å². The molecule has 0 fully saturated rings. The first-order chi connectivity index (χ1) is 16.6. The highest BCUT2D eigenvalue weighted by molar-refractivity contribution is 6.05. The van der Waals surface area contributed by atoms with Gasteiger partial charge in [0.25, 0.3) is 5.91 Å². The SMILES string of the molecule is CC.COc1cccc(-c2cc(NC(=O)c3ccc(-c4ccc(O)cc4)cc3)ccc2OC)c1. The molecular formula is C29H29NO4. The first-order valence-electron chi connectivity index (χ1n) is 11.1. The molecule has 5 nitrogen and oxygen atoms in total. The lowest BCUT2D eigenvalue weighted by Crippen LogP contribution is -2.11. The number of benzene rings is 4. The molecular weight excluding hydrogens is 426 g/mol. The Morgan fingerprint density at radius 1 is 0.735 bits per heavy atom. The molecule has 5 heteroatoms. The van der Waals surface area contributed by atoms with Gasteiger partial charge in [-0.1, -0.05) is 50.2 Å². The summed E-state index contributed by atoms with van der Waals surface area (Å²) in [5.41, 5.74) is 4.92. The first-order valence-corrected chi connectivity index (χ1v) is 11.1. The molecule has 0 aliphatic carbocycles. The van der Waals surface area contributed by atoms with Gasteiger partial charge >= 0.3 is 0 Å². The second kappa shape index (κ2) is 11.6. The molecule has 0 unspecified atom stereocenters. The fourth-order valence-electron chi connectivity index (χ4n) is 3.47. The molecule has 2 N–H and O–H groups in total. The van der Waals surface area contributed by atoms with Gasteiger partial charge in [-0.15, -0.1) is 0 Å². The van der Waals surface area contributed by atoms with E-state index in [9.17, 15) is 9.90 Å². The van der Waals surface area contributed by atoms with Gasteiger partial charge in [-0.25, -0.2) is 0 Å². The lowest BCUT2D eigenvalue weighted by Gasteiger charge is -2.13. The van der Waals surface area contributed by atoms with Crippen LogP contribution in [0, 0.1) is 0 Å². The number of ether oxygens (including phenoxy) is 2. The highest BCUT2D eigenvalue weighted by atomic mass is 16.5. The fraction of sp³-hybridized carbons (Fsp3) is 0.138. The number of nitrogens with one attached hydrogen (secondary N) is 1. The van der Waals surface area contributed by atoms with Crippen molar-refractivity contribution in [2.24, 2.45) is 0 Å². The van der Waals surface area contributed by atoms with E-state index in [1.807, 2.05) is 80.6 Å². The maximum atomic E-state index is 12.8. The third-order valence-electron chi connectivity index (χ3n) is 5.19. The zero-order valence-corrected chi connectivity index (χ0v) is 19.8. The summed E-state index contributed by atoms with van der Waals surface area (Å²) in [5.74, 6) is 1.46. The van der Waals surface area contributed by atoms with E-state index in [4.69, 9.17) is 9.47 Å². The predicted octanol–water partition coefficient (Wildman–Crippen LogP) is 7.02. The molecule has 0 bridgehead atoms. The van der Waals surface area contributed by atoms with Crippen LogP contribution in [0.25, 0.3) is 22.3 Å². The van der Waals surface area contributed by atoms with E-state index in [0.717, 1.165) is 28.0 Å². The Hall–Kier alpha value is -4.25. The molecule has 4 rings (SSSR count). The quantitative estimate of drug-likeness (QED) is 0.328. The van der Waals surface area contributed by atoms with Crippen LogP contribution in [-0.4, -0.2) is 25.2 Å². The molecule has 4 aromatic carbocycles. The van der Waals surface area contributed by atoms with E-state index < -0.39 is 0 Å².